The van der Waals surface area contributed by atoms with Gasteiger partial charge in [-0.25, -0.2) is 28.8 Å². The molecule has 1 fully saturated rings. The fourth-order valence-electron chi connectivity index (χ4n) is 13.9. The third kappa shape index (κ3) is 33.8. The summed E-state index contributed by atoms with van der Waals surface area (Å²) in [6.07, 6.45) is -1.57. The Kier molecular flexibility index (Phi) is 39.5. The van der Waals surface area contributed by atoms with Crippen molar-refractivity contribution in [1.82, 2.24) is 30.7 Å². The summed E-state index contributed by atoms with van der Waals surface area (Å²) in [5.74, 6) is -2.14. The summed E-state index contributed by atoms with van der Waals surface area (Å²) in [5, 5.41) is 47.7. The Hall–Kier alpha value is -12.9. The molecule has 1 aliphatic heterocycles. The maximum atomic E-state index is 14.1. The molecule has 1 saturated heterocycles. The van der Waals surface area contributed by atoms with E-state index in [2.05, 4.69) is 31.9 Å². The van der Waals surface area contributed by atoms with Gasteiger partial charge in [-0.15, -0.1) is 0 Å². The number of phenolic OH excluding ortho intramolecular Hbond substituents is 2. The number of nitrogens with zero attached hydrogens (tertiary/aromatic N) is 3. The van der Waals surface area contributed by atoms with E-state index in [1.165, 1.54) is 73.3 Å². The first-order chi connectivity index (χ1) is 64.0. The number of carbonyl (C=O) groups excluding carboxylic acids is 9. The fourth-order valence-corrected chi connectivity index (χ4v) is 14.4. The molecular formula is C103H127B2BrN6O24. The van der Waals surface area contributed by atoms with Crippen LogP contribution in [0.15, 0.2) is 223 Å². The number of hydrogen-bond acceptors (Lipinski definition) is 24. The van der Waals surface area contributed by atoms with Crippen molar-refractivity contribution in [3.63, 3.8) is 0 Å². The fraction of sp³-hybridized carbons (Fsp3) is 0.388. The number of aromatic hydroxyl groups is 2. The molecule has 1 aliphatic rings. The van der Waals surface area contributed by atoms with Crippen molar-refractivity contribution in [2.45, 2.75) is 220 Å². The van der Waals surface area contributed by atoms with Crippen LogP contribution in [0.1, 0.15) is 146 Å². The van der Waals surface area contributed by atoms with Gasteiger partial charge in [0.2, 0.25) is 17.7 Å². The van der Waals surface area contributed by atoms with Crippen molar-refractivity contribution >= 4 is 95.0 Å². The Morgan fingerprint density at radius 3 is 0.978 bits per heavy atom. The van der Waals surface area contributed by atoms with Crippen LogP contribution in [0.3, 0.4) is 0 Å². The van der Waals surface area contributed by atoms with Crippen LogP contribution in [0.5, 0.6) is 28.7 Å². The average molecular weight is 1930 g/mol. The van der Waals surface area contributed by atoms with Gasteiger partial charge in [0.25, 0.3) is 0 Å². The molecule has 33 heteroatoms. The van der Waals surface area contributed by atoms with E-state index in [1.807, 2.05) is 162 Å². The topological polar surface area (TPSA) is 382 Å². The summed E-state index contributed by atoms with van der Waals surface area (Å²) in [6.45, 7) is 25.4. The summed E-state index contributed by atoms with van der Waals surface area (Å²) in [7, 11) is 6.40. The SMILES string of the molecule is COc1ccc(C[C@H](NC(=O)[C@H](Cc2ccc(C)cc2)N(C)C(=O)OC(C)(C)C)C(=O)OCc2ccccc2)cc1B(O)O.COc1ccc(C[C@H](NC(=O)[C@H](Cc2ccc(O)cc2)N(C)C(=O)OC(C)(C)C)C(=O)OCc2ccccc2)cc1B1OC(C)(C)C(C)(C)O1.COc1ccc(C[C@H](NC(=O)[C@H](Cc2ccc(O)cc2)N(C)C(=O)OC(C)(C)C)C(=O)OCc2ccccc2)cc1Br. The summed E-state index contributed by atoms with van der Waals surface area (Å²) in [4.78, 5) is 125. The Labute approximate surface area is 805 Å². The molecule has 30 nitrogen and oxygen atoms in total. The highest BCUT2D eigenvalue weighted by Crippen LogP contribution is 2.38. The monoisotopic (exact) mass is 1930 g/mol. The van der Waals surface area contributed by atoms with Crippen LogP contribution in [0.2, 0.25) is 0 Å². The molecule has 0 saturated carbocycles. The molecule has 6 amide bonds. The quantitative estimate of drug-likeness (QED) is 0.0110. The number of carbonyl (C=O) groups is 9. The van der Waals surface area contributed by atoms with E-state index in [0.717, 1.165) is 33.4 Å². The van der Waals surface area contributed by atoms with E-state index in [-0.39, 0.29) is 81.1 Å². The molecule has 0 bridgehead atoms. The minimum Gasteiger partial charge on any atom is -0.508 e. The Bertz CT molecular complexity index is 5450. The number of rotatable bonds is 35. The molecule has 1 heterocycles. The highest BCUT2D eigenvalue weighted by molar-refractivity contribution is 9.10. The molecule has 726 valence electrons. The van der Waals surface area contributed by atoms with Crippen LogP contribution in [-0.4, -0.2) is 210 Å². The van der Waals surface area contributed by atoms with Crippen LogP contribution in [-0.2, 0) is 125 Å². The molecule has 9 aromatic carbocycles. The van der Waals surface area contributed by atoms with E-state index in [9.17, 15) is 63.4 Å². The second kappa shape index (κ2) is 49.5. The molecule has 6 atom stereocenters. The standard InChI is InChI=1S/C38H49BN2O9.C33H41BN2O8.C32H37BrN2O7/c1-36(2,3)48-35(45)41(8)31(23-25-15-18-28(42)19-16-25)33(43)40-30(34(44)47-24-26-13-11-10-12-14-26)22-27-17-20-32(46-9)29(21-27)39-49-37(4,5)38(6,7)50-39;1-22-12-14-23(15-13-22)20-28(36(5)32(39)44-33(2,3)4)30(37)35-27(31(38)43-21-24-10-8-7-9-11-24)19-25-16-17-29(42-6)26(18-25)34(40)41;1-32(2,3)42-31(39)35(4)27(19-21-11-14-24(36)15-12-21)29(37)34-26(18-23-13-16-28(40-5)25(33)17-23)30(38)41-20-22-9-7-6-8-10-22/h10-21,30-31,42H,22-24H2,1-9H3,(H,40,43);7-18,27-28,40-41H,19-21H2,1-6H3,(H,35,37);6-17,26-27,36H,18-20H2,1-5H3,(H,34,37)/t30-,31-;27-,28-;26-,27-/m000/s1. The van der Waals surface area contributed by atoms with Crippen molar-refractivity contribution in [2.24, 2.45) is 0 Å². The lowest BCUT2D eigenvalue weighted by Crippen LogP contribution is -2.54. The number of methoxy groups -OCH3 is 3. The Morgan fingerprint density at radius 2 is 0.676 bits per heavy atom. The number of benzene rings is 9. The van der Waals surface area contributed by atoms with Gasteiger partial charge in [-0.2, -0.15) is 0 Å². The van der Waals surface area contributed by atoms with Crippen molar-refractivity contribution in [3.8, 4) is 28.7 Å². The molecular weight excluding hydrogens is 1810 g/mol. The number of likely N-dealkylation sites (N-methyl/N-ethyl adjacent to an activating group) is 3. The number of nitrogens with one attached hydrogen (secondary N) is 3. The summed E-state index contributed by atoms with van der Waals surface area (Å²) in [5.41, 5.74) is 4.73. The largest absolute Gasteiger partial charge is 0.508 e. The lowest BCUT2D eigenvalue weighted by molar-refractivity contribution is -0.150. The zero-order valence-electron chi connectivity index (χ0n) is 80.9. The lowest BCUT2D eigenvalue weighted by Gasteiger charge is -2.32. The smallest absolute Gasteiger partial charge is 0.498 e. The number of phenols is 2. The highest BCUT2D eigenvalue weighted by atomic mass is 79.9. The van der Waals surface area contributed by atoms with Crippen LogP contribution in [0.4, 0.5) is 14.4 Å². The third-order valence-corrected chi connectivity index (χ3v) is 22.6. The molecule has 0 aromatic heterocycles. The zero-order valence-corrected chi connectivity index (χ0v) is 82.5. The summed E-state index contributed by atoms with van der Waals surface area (Å²) in [6, 6.07) is 56.8. The predicted octanol–water partition coefficient (Wildman–Crippen LogP) is 13.3. The number of ether oxygens (including phenoxy) is 9. The number of aryl methyl sites for hydroxylation is 1. The normalized spacial score (nSPS) is 13.9. The molecule has 9 aromatic rings. The van der Waals surface area contributed by atoms with E-state index in [0.29, 0.717) is 43.7 Å². The number of amides is 6. The molecule has 10 rings (SSSR count). The van der Waals surface area contributed by atoms with Crippen molar-refractivity contribution in [3.05, 3.63) is 278 Å². The molecule has 0 spiro atoms. The number of hydrogen-bond donors (Lipinski definition) is 7. The lowest BCUT2D eigenvalue weighted by atomic mass is 9.77. The minimum atomic E-state index is -1.82. The van der Waals surface area contributed by atoms with Gasteiger partial charge in [-0.05, 0) is 211 Å². The van der Waals surface area contributed by atoms with Crippen molar-refractivity contribution < 1.29 is 115 Å². The van der Waals surface area contributed by atoms with Gasteiger partial charge in [-0.1, -0.05) is 175 Å². The molecule has 0 unspecified atom stereocenters. The van der Waals surface area contributed by atoms with Gasteiger partial charge >= 0.3 is 50.4 Å². The van der Waals surface area contributed by atoms with Crippen LogP contribution in [0, 0.1) is 6.92 Å². The van der Waals surface area contributed by atoms with Crippen LogP contribution < -0.4 is 41.1 Å². The van der Waals surface area contributed by atoms with E-state index >= 15 is 0 Å². The van der Waals surface area contributed by atoms with E-state index < -0.39 is 132 Å². The van der Waals surface area contributed by atoms with Gasteiger partial charge in [0, 0.05) is 70.6 Å². The van der Waals surface area contributed by atoms with Crippen LogP contribution in [0.25, 0.3) is 0 Å². The Morgan fingerprint density at radius 1 is 0.390 bits per heavy atom. The second-order valence-corrected chi connectivity index (χ2v) is 37.8. The average Bonchev–Trinajstić information content (AvgIpc) is 1.61. The summed E-state index contributed by atoms with van der Waals surface area (Å²) < 4.78 is 63.0. The Balaban J connectivity index is 0.000000252. The number of halogens is 1. The minimum absolute atomic E-state index is 0.00255. The van der Waals surface area contributed by atoms with E-state index in [4.69, 9.17) is 51.9 Å². The van der Waals surface area contributed by atoms with Crippen LogP contribution >= 0.6 is 15.9 Å². The van der Waals surface area contributed by atoms with Gasteiger partial charge in [0.05, 0.1) is 37.0 Å². The molecule has 0 radical (unpaired) electrons. The second-order valence-electron chi connectivity index (χ2n) is 36.9. The first-order valence-electron chi connectivity index (χ1n) is 44.4. The van der Waals surface area contributed by atoms with E-state index in [1.54, 1.807) is 137 Å². The zero-order chi connectivity index (χ0) is 100. The highest BCUT2D eigenvalue weighted by Gasteiger charge is 2.53. The van der Waals surface area contributed by atoms with Gasteiger partial charge in [-0.3, -0.25) is 29.1 Å². The predicted molar refractivity (Wildman–Crippen MR) is 520 cm³/mol. The maximum absolute atomic E-state index is 14.1. The number of esters is 3. The molecule has 7 N–H and O–H groups in total. The molecule has 0 aliphatic carbocycles. The molecule has 136 heavy (non-hydrogen) atoms. The summed E-state index contributed by atoms with van der Waals surface area (Å²) >= 11 is 3.47. The van der Waals surface area contributed by atoms with Crippen molar-refractivity contribution in [2.75, 3.05) is 42.5 Å². The van der Waals surface area contributed by atoms with Gasteiger partial charge < -0.3 is 88.2 Å². The van der Waals surface area contributed by atoms with Crippen molar-refractivity contribution in [1.29, 1.82) is 0 Å². The maximum Gasteiger partial charge on any atom is 0.498 e. The first kappa shape index (κ1) is 108. The first-order valence-corrected chi connectivity index (χ1v) is 45.2. The van der Waals surface area contributed by atoms with Gasteiger partial charge in [0.1, 0.15) is 102 Å². The third-order valence-electron chi connectivity index (χ3n) is 22.0. The van der Waals surface area contributed by atoms with Gasteiger partial charge in [0.15, 0.2) is 0 Å².